The molecule has 11 nitrogen and oxygen atoms in total. The van der Waals surface area contributed by atoms with Crippen LogP contribution >= 0.6 is 11.3 Å². The highest BCUT2D eigenvalue weighted by atomic mass is 32.1. The van der Waals surface area contributed by atoms with Gasteiger partial charge in [-0.2, -0.15) is 10.2 Å². The Labute approximate surface area is 262 Å². The smallest absolute Gasteiger partial charge is 0.219 e. The molecule has 2 aromatic heterocycles. The number of anilines is 2. The van der Waals surface area contributed by atoms with Crippen LogP contribution in [0.4, 0.5) is 10.8 Å². The van der Waals surface area contributed by atoms with Gasteiger partial charge < -0.3 is 31.2 Å². The molecule has 0 radical (unpaired) electrons. The fraction of sp³-hybridized carbons (Fsp3) is 0.625. The Kier molecular flexibility index (Phi) is 7.77. The summed E-state index contributed by atoms with van der Waals surface area (Å²) in [5.74, 6) is 1.53. The fourth-order valence-electron chi connectivity index (χ4n) is 8.26. The Balaban J connectivity index is 1.28. The van der Waals surface area contributed by atoms with Gasteiger partial charge in [-0.25, -0.2) is 4.98 Å². The van der Waals surface area contributed by atoms with E-state index in [1.165, 1.54) is 11.3 Å². The number of ketones is 1. The average molecular weight is 619 g/mol. The van der Waals surface area contributed by atoms with Crippen LogP contribution in [0.5, 0.6) is 5.88 Å². The predicted octanol–water partition coefficient (Wildman–Crippen LogP) is 2.73. The summed E-state index contributed by atoms with van der Waals surface area (Å²) in [6.07, 6.45) is 6.58. The fourth-order valence-corrected chi connectivity index (χ4v) is 9.42. The van der Waals surface area contributed by atoms with E-state index in [-0.39, 0.29) is 24.0 Å². The summed E-state index contributed by atoms with van der Waals surface area (Å²) in [5.41, 5.74) is 14.6. The molecule has 2 bridgehead atoms. The molecule has 5 atom stereocenters. The summed E-state index contributed by atoms with van der Waals surface area (Å²) >= 11 is 1.45. The van der Waals surface area contributed by atoms with Crippen molar-refractivity contribution in [1.82, 2.24) is 20.2 Å². The van der Waals surface area contributed by atoms with E-state index in [2.05, 4.69) is 35.2 Å². The first kappa shape index (κ1) is 29.5. The average Bonchev–Trinajstić information content (AvgIpc) is 3.60. The van der Waals surface area contributed by atoms with E-state index in [4.69, 9.17) is 30.9 Å². The number of Topliss-reactive ketones (excluding diaryl/α,β-unsaturated/α-hetero) is 1. The molecule has 2 unspecified atom stereocenters. The minimum absolute atomic E-state index is 0.0113. The Morgan fingerprint density at radius 2 is 1.98 bits per heavy atom. The minimum Gasteiger partial charge on any atom is -0.473 e. The maximum absolute atomic E-state index is 14.5. The topological polar surface area (TPSA) is 156 Å². The van der Waals surface area contributed by atoms with Gasteiger partial charge in [0.25, 0.3) is 0 Å². The van der Waals surface area contributed by atoms with Gasteiger partial charge in [0, 0.05) is 47.7 Å². The molecular formula is C32H42N8O3S. The van der Waals surface area contributed by atoms with Gasteiger partial charge in [0.1, 0.15) is 23.0 Å². The van der Waals surface area contributed by atoms with Crippen molar-refractivity contribution in [3.05, 3.63) is 33.5 Å². The van der Waals surface area contributed by atoms with Crippen molar-refractivity contribution >= 4 is 33.6 Å². The molecular weight excluding hydrogens is 576 g/mol. The molecule has 3 saturated heterocycles. The van der Waals surface area contributed by atoms with Gasteiger partial charge in [-0.3, -0.25) is 9.69 Å². The molecule has 12 heteroatoms. The molecule has 234 valence electrons. The number of hydrogen-bond donors (Lipinski definition) is 3. The summed E-state index contributed by atoms with van der Waals surface area (Å²) in [7, 11) is 2.14. The van der Waals surface area contributed by atoms with E-state index >= 15 is 0 Å². The lowest BCUT2D eigenvalue weighted by atomic mass is 9.61. The number of rotatable bonds is 5. The number of fused-ring (bicyclic) bond motifs is 4. The third-order valence-electron chi connectivity index (χ3n) is 10.3. The molecule has 1 saturated carbocycles. The van der Waals surface area contributed by atoms with E-state index in [1.54, 1.807) is 0 Å². The molecule has 5 heterocycles. The number of nitriles is 1. The number of morpholine rings is 1. The van der Waals surface area contributed by atoms with Crippen LogP contribution < -0.4 is 26.4 Å². The Hall–Kier alpha value is -3.24. The molecule has 7 rings (SSSR count). The molecule has 4 fully saturated rings. The van der Waals surface area contributed by atoms with Crippen molar-refractivity contribution < 1.29 is 14.3 Å². The highest BCUT2D eigenvalue weighted by Gasteiger charge is 2.49. The summed E-state index contributed by atoms with van der Waals surface area (Å²) in [6.45, 7) is 5.94. The maximum Gasteiger partial charge on any atom is 0.219 e. The number of carbonyl (C=O) groups is 1. The molecule has 5 aliphatic rings. The molecule has 44 heavy (non-hydrogen) atoms. The third-order valence-corrected chi connectivity index (χ3v) is 11.4. The van der Waals surface area contributed by atoms with E-state index in [0.29, 0.717) is 72.1 Å². The highest BCUT2D eigenvalue weighted by Crippen LogP contribution is 2.52. The summed E-state index contributed by atoms with van der Waals surface area (Å²) in [4.78, 5) is 30.0. The van der Waals surface area contributed by atoms with Crippen LogP contribution in [0.2, 0.25) is 0 Å². The van der Waals surface area contributed by atoms with Crippen LogP contribution in [-0.2, 0) is 21.4 Å². The quantitative estimate of drug-likeness (QED) is 0.424. The molecule has 0 amide bonds. The van der Waals surface area contributed by atoms with Crippen LogP contribution in [0.15, 0.2) is 11.6 Å². The number of nitrogens with zero attached hydrogens (tertiary/aromatic N) is 5. The van der Waals surface area contributed by atoms with Crippen molar-refractivity contribution in [2.75, 3.05) is 50.5 Å². The summed E-state index contributed by atoms with van der Waals surface area (Å²) in [5, 5.41) is 14.1. The molecule has 2 aliphatic carbocycles. The Morgan fingerprint density at radius 1 is 1.23 bits per heavy atom. The number of thiophene rings is 1. The van der Waals surface area contributed by atoms with Gasteiger partial charge in [-0.15, -0.1) is 11.3 Å². The number of likely N-dealkylation sites (tertiary alicyclic amines) is 1. The third kappa shape index (κ3) is 5.04. The SMILES string of the molecule is C[C@H](Oc1cc(N2CC3COCC(C2)N3)nc(C(N)=C2CCC[C@@]3(CCCc4sc(N)c(C#N)c43)C2=O)n1)[C@@H]1CCCN1C. The van der Waals surface area contributed by atoms with Crippen molar-refractivity contribution in [2.24, 2.45) is 5.73 Å². The zero-order valence-corrected chi connectivity index (χ0v) is 26.4. The molecule has 5 N–H and O–H groups in total. The summed E-state index contributed by atoms with van der Waals surface area (Å²) in [6, 6.07) is 4.94. The number of ether oxygens (including phenoxy) is 2. The van der Waals surface area contributed by atoms with E-state index in [1.807, 2.05) is 6.07 Å². The molecule has 0 aromatic carbocycles. The zero-order valence-electron chi connectivity index (χ0n) is 25.6. The second-order valence-electron chi connectivity index (χ2n) is 13.2. The monoisotopic (exact) mass is 618 g/mol. The highest BCUT2D eigenvalue weighted by molar-refractivity contribution is 7.16. The van der Waals surface area contributed by atoms with Gasteiger partial charge in [0.05, 0.1) is 29.9 Å². The number of hydrogen-bond acceptors (Lipinski definition) is 12. The normalized spacial score (nSPS) is 30.6. The van der Waals surface area contributed by atoms with Crippen molar-refractivity contribution in [3.63, 3.8) is 0 Å². The van der Waals surface area contributed by atoms with Gasteiger partial charge >= 0.3 is 0 Å². The van der Waals surface area contributed by atoms with Gasteiger partial charge in [-0.1, -0.05) is 0 Å². The lowest BCUT2D eigenvalue weighted by Gasteiger charge is -2.42. The molecule has 3 aliphatic heterocycles. The summed E-state index contributed by atoms with van der Waals surface area (Å²) < 4.78 is 12.3. The number of likely N-dealkylation sites (N-methyl/N-ethyl adjacent to an activating group) is 1. The minimum atomic E-state index is -0.778. The number of aryl methyl sites for hydroxylation is 1. The standard InChI is InChI=1S/C32H42N8O3S/c1-18(23-7-5-11-39(23)2)43-26-12-25(40-14-19-16-42-17-20(15-40)36-19)37-31(38-26)28(34)21-6-3-9-32(29(21)41)10-4-8-24-27(32)22(13-33)30(35)44-24/h12,18-20,23,36H,3-11,14-17,34-35H2,1-2H3/t18-,19?,20?,23-,32-/m0/s1. The number of nitrogens with two attached hydrogens (primary N) is 2. The number of carbonyl (C=O) groups excluding carboxylic acids is 1. The van der Waals surface area contributed by atoms with Crippen molar-refractivity contribution in [2.45, 2.75) is 87.9 Å². The molecule has 2 aromatic rings. The van der Waals surface area contributed by atoms with Crippen LogP contribution in [0.25, 0.3) is 5.70 Å². The van der Waals surface area contributed by atoms with Crippen LogP contribution in [0.3, 0.4) is 0 Å². The van der Waals surface area contributed by atoms with E-state index in [0.717, 1.165) is 68.0 Å². The number of aromatic nitrogens is 2. The van der Waals surface area contributed by atoms with Gasteiger partial charge in [0.2, 0.25) is 5.88 Å². The van der Waals surface area contributed by atoms with E-state index in [9.17, 15) is 10.1 Å². The number of piperazine rings is 1. The Bertz CT molecular complexity index is 1520. The number of nitrogen functional groups attached to an aromatic ring is 1. The lowest BCUT2D eigenvalue weighted by Crippen LogP contribution is -2.63. The second-order valence-corrected chi connectivity index (χ2v) is 14.3. The lowest BCUT2D eigenvalue weighted by molar-refractivity contribution is -0.122. The first-order valence-electron chi connectivity index (χ1n) is 16.0. The maximum atomic E-state index is 14.5. The van der Waals surface area contributed by atoms with Crippen LogP contribution in [-0.4, -0.2) is 84.8 Å². The zero-order chi connectivity index (χ0) is 30.6. The largest absolute Gasteiger partial charge is 0.473 e. The van der Waals surface area contributed by atoms with Crippen LogP contribution in [0, 0.1) is 11.3 Å². The number of nitrogens with one attached hydrogen (secondary N) is 1. The first-order valence-corrected chi connectivity index (χ1v) is 16.8. The molecule has 1 spiro atoms. The number of allylic oxidation sites excluding steroid dienone is 1. The second kappa shape index (κ2) is 11.6. The van der Waals surface area contributed by atoms with E-state index < -0.39 is 5.41 Å². The predicted molar refractivity (Wildman–Crippen MR) is 170 cm³/mol. The van der Waals surface area contributed by atoms with Crippen LogP contribution in [0.1, 0.15) is 73.7 Å². The van der Waals surface area contributed by atoms with Gasteiger partial charge in [-0.05, 0) is 77.4 Å². The Morgan fingerprint density at radius 3 is 2.68 bits per heavy atom. The van der Waals surface area contributed by atoms with Gasteiger partial charge in [0.15, 0.2) is 11.6 Å². The van der Waals surface area contributed by atoms with Crippen molar-refractivity contribution in [1.29, 1.82) is 5.26 Å². The first-order chi connectivity index (χ1) is 21.3. The van der Waals surface area contributed by atoms with Crippen molar-refractivity contribution in [3.8, 4) is 11.9 Å².